The Morgan fingerprint density at radius 1 is 1.62 bits per heavy atom. The molecule has 5 nitrogen and oxygen atoms in total. The number of carbonyl (C=O) groups is 1. The van der Waals surface area contributed by atoms with E-state index in [1.165, 1.54) is 7.11 Å². The van der Waals surface area contributed by atoms with Gasteiger partial charge in [0.2, 0.25) is 0 Å². The minimum atomic E-state index is -0.474. The lowest BCUT2D eigenvalue weighted by Gasteiger charge is -2.00. The predicted octanol–water partition coefficient (Wildman–Crippen LogP) is 1.17. The Kier molecular flexibility index (Phi) is 2.89. The van der Waals surface area contributed by atoms with E-state index in [1.807, 2.05) is 0 Å². The fraction of sp³-hybridized carbons (Fsp3) is 0.500. The molecule has 1 heterocycles. The van der Waals surface area contributed by atoms with Gasteiger partial charge in [-0.1, -0.05) is 0 Å². The van der Waals surface area contributed by atoms with E-state index in [0.29, 0.717) is 12.4 Å². The molecule has 0 saturated carbocycles. The Bertz CT molecular complexity index is 305. The molecule has 1 aromatic heterocycles. The van der Waals surface area contributed by atoms with E-state index >= 15 is 0 Å². The van der Waals surface area contributed by atoms with Crippen molar-refractivity contribution in [1.29, 1.82) is 0 Å². The summed E-state index contributed by atoms with van der Waals surface area (Å²) in [5, 5.41) is 3.54. The molecule has 0 unspecified atom stereocenters. The van der Waals surface area contributed by atoms with Gasteiger partial charge in [0, 0.05) is 0 Å². The van der Waals surface area contributed by atoms with E-state index in [0.717, 1.165) is 0 Å². The molecule has 72 valence electrons. The third-order valence-electron chi connectivity index (χ3n) is 1.50. The molecule has 5 heteroatoms. The van der Waals surface area contributed by atoms with Crippen LogP contribution in [0.4, 0.5) is 0 Å². The first kappa shape index (κ1) is 9.57. The highest BCUT2D eigenvalue weighted by Crippen LogP contribution is 2.20. The Morgan fingerprint density at radius 2 is 2.31 bits per heavy atom. The fourth-order valence-electron chi connectivity index (χ4n) is 0.925. The highest BCUT2D eigenvalue weighted by molar-refractivity contribution is 5.92. The summed E-state index contributed by atoms with van der Waals surface area (Å²) in [7, 11) is 1.42. The molecular weight excluding hydrogens is 174 g/mol. The van der Waals surface area contributed by atoms with Crippen molar-refractivity contribution in [3.8, 4) is 5.88 Å². The van der Waals surface area contributed by atoms with E-state index in [-0.39, 0.29) is 11.4 Å². The summed E-state index contributed by atoms with van der Waals surface area (Å²) in [6, 6.07) is 0. The maximum atomic E-state index is 11.3. The first-order valence-corrected chi connectivity index (χ1v) is 3.88. The number of methoxy groups -OCH3 is 1. The van der Waals surface area contributed by atoms with Crippen molar-refractivity contribution < 1.29 is 18.8 Å². The molecule has 0 fully saturated rings. The van der Waals surface area contributed by atoms with Crippen LogP contribution in [0.3, 0.4) is 0 Å². The van der Waals surface area contributed by atoms with Gasteiger partial charge in [-0.15, -0.1) is 0 Å². The summed E-state index contributed by atoms with van der Waals surface area (Å²) in [4.78, 5) is 11.3. The normalized spacial score (nSPS) is 9.77. The maximum Gasteiger partial charge on any atom is 0.347 e. The zero-order valence-corrected chi connectivity index (χ0v) is 7.79. The third-order valence-corrected chi connectivity index (χ3v) is 1.50. The molecule has 0 aliphatic heterocycles. The molecule has 1 aromatic rings. The highest BCUT2D eigenvalue weighted by atomic mass is 16.6. The maximum absolute atomic E-state index is 11.3. The number of esters is 1. The van der Waals surface area contributed by atoms with Crippen LogP contribution in [-0.4, -0.2) is 24.8 Å². The molecule has 0 radical (unpaired) electrons. The number of ether oxygens (including phenoxy) is 2. The average Bonchev–Trinajstić information content (AvgIpc) is 2.47. The van der Waals surface area contributed by atoms with Crippen LogP contribution >= 0.6 is 0 Å². The number of nitrogens with zero attached hydrogens (tertiary/aromatic N) is 1. The van der Waals surface area contributed by atoms with Gasteiger partial charge in [-0.25, -0.2) is 4.79 Å². The van der Waals surface area contributed by atoms with Crippen LogP contribution in [0.2, 0.25) is 0 Å². The second-order valence-corrected chi connectivity index (χ2v) is 2.34. The summed E-state index contributed by atoms with van der Waals surface area (Å²) in [5.74, 6) is 0.0874. The lowest BCUT2D eigenvalue weighted by molar-refractivity contribution is 0.0521. The number of aryl methyl sites for hydroxylation is 1. The van der Waals surface area contributed by atoms with Crippen LogP contribution in [0.1, 0.15) is 23.0 Å². The molecular formula is C8H11NO4. The zero-order chi connectivity index (χ0) is 9.84. The second-order valence-electron chi connectivity index (χ2n) is 2.34. The molecule has 0 N–H and O–H groups in total. The van der Waals surface area contributed by atoms with Crippen LogP contribution in [0.15, 0.2) is 4.52 Å². The minimum absolute atomic E-state index is 0.163. The van der Waals surface area contributed by atoms with Crippen molar-refractivity contribution in [2.24, 2.45) is 0 Å². The van der Waals surface area contributed by atoms with Crippen LogP contribution in [0.5, 0.6) is 5.88 Å². The van der Waals surface area contributed by atoms with Crippen molar-refractivity contribution >= 4 is 5.97 Å². The number of hydrogen-bond donors (Lipinski definition) is 0. The van der Waals surface area contributed by atoms with Gasteiger partial charge >= 0.3 is 5.97 Å². The Morgan fingerprint density at radius 3 is 2.85 bits per heavy atom. The molecule has 0 amide bonds. The molecule has 0 aliphatic rings. The van der Waals surface area contributed by atoms with Crippen molar-refractivity contribution in [1.82, 2.24) is 5.16 Å². The first-order valence-electron chi connectivity index (χ1n) is 3.88. The van der Waals surface area contributed by atoms with E-state index < -0.39 is 5.97 Å². The Balaban J connectivity index is 2.96. The van der Waals surface area contributed by atoms with Crippen molar-refractivity contribution in [3.05, 3.63) is 11.3 Å². The largest absolute Gasteiger partial charge is 0.478 e. The van der Waals surface area contributed by atoms with E-state index in [2.05, 4.69) is 5.16 Å². The summed E-state index contributed by atoms with van der Waals surface area (Å²) < 4.78 is 14.4. The third kappa shape index (κ3) is 1.80. The van der Waals surface area contributed by atoms with E-state index in [4.69, 9.17) is 14.0 Å². The lowest BCUT2D eigenvalue weighted by atomic mass is 10.3. The van der Waals surface area contributed by atoms with Crippen LogP contribution in [-0.2, 0) is 4.74 Å². The number of hydrogen-bond acceptors (Lipinski definition) is 5. The standard InChI is InChI=1S/C8H11NO4/c1-4-12-8(10)6-5(2)13-9-7(6)11-3/h4H2,1-3H3. The Labute approximate surface area is 75.6 Å². The summed E-state index contributed by atoms with van der Waals surface area (Å²) >= 11 is 0. The smallest absolute Gasteiger partial charge is 0.347 e. The van der Waals surface area contributed by atoms with Gasteiger partial charge < -0.3 is 14.0 Å². The van der Waals surface area contributed by atoms with Gasteiger partial charge in [0.1, 0.15) is 0 Å². The molecule has 13 heavy (non-hydrogen) atoms. The monoisotopic (exact) mass is 185 g/mol. The summed E-state index contributed by atoms with van der Waals surface area (Å²) in [5.41, 5.74) is 0.254. The molecule has 0 bridgehead atoms. The molecule has 0 atom stereocenters. The zero-order valence-electron chi connectivity index (χ0n) is 7.79. The van der Waals surface area contributed by atoms with Gasteiger partial charge in [0.25, 0.3) is 5.88 Å². The van der Waals surface area contributed by atoms with Crippen molar-refractivity contribution in [3.63, 3.8) is 0 Å². The van der Waals surface area contributed by atoms with E-state index in [9.17, 15) is 4.79 Å². The molecule has 1 rings (SSSR count). The summed E-state index contributed by atoms with van der Waals surface area (Å²) in [6.07, 6.45) is 0. The fourth-order valence-corrected chi connectivity index (χ4v) is 0.925. The number of carbonyl (C=O) groups excluding carboxylic acids is 1. The lowest BCUT2D eigenvalue weighted by Crippen LogP contribution is -2.06. The van der Waals surface area contributed by atoms with Crippen LogP contribution in [0, 0.1) is 6.92 Å². The summed E-state index contributed by atoms with van der Waals surface area (Å²) in [6.45, 7) is 3.67. The second kappa shape index (κ2) is 3.93. The van der Waals surface area contributed by atoms with E-state index in [1.54, 1.807) is 13.8 Å². The predicted molar refractivity (Wildman–Crippen MR) is 43.7 cm³/mol. The quantitative estimate of drug-likeness (QED) is 0.661. The average molecular weight is 185 g/mol. The first-order chi connectivity index (χ1) is 6.20. The minimum Gasteiger partial charge on any atom is -0.478 e. The molecule has 0 aromatic carbocycles. The SMILES string of the molecule is CCOC(=O)c1c(OC)noc1C. The molecule has 0 saturated heterocycles. The van der Waals surface area contributed by atoms with Gasteiger partial charge in [-0.05, 0) is 19.0 Å². The number of aromatic nitrogens is 1. The van der Waals surface area contributed by atoms with Gasteiger partial charge in [0.15, 0.2) is 11.3 Å². The van der Waals surface area contributed by atoms with Gasteiger partial charge in [-0.3, -0.25) is 0 Å². The van der Waals surface area contributed by atoms with Crippen molar-refractivity contribution in [2.75, 3.05) is 13.7 Å². The van der Waals surface area contributed by atoms with Crippen LogP contribution < -0.4 is 4.74 Å². The number of rotatable bonds is 3. The van der Waals surface area contributed by atoms with Gasteiger partial charge in [0.05, 0.1) is 13.7 Å². The van der Waals surface area contributed by atoms with Crippen LogP contribution in [0.25, 0.3) is 0 Å². The highest BCUT2D eigenvalue weighted by Gasteiger charge is 2.21. The molecule has 0 spiro atoms. The topological polar surface area (TPSA) is 61.6 Å². The molecule has 0 aliphatic carbocycles. The Hall–Kier alpha value is -1.52. The van der Waals surface area contributed by atoms with Crippen molar-refractivity contribution in [2.45, 2.75) is 13.8 Å². The van der Waals surface area contributed by atoms with Gasteiger partial charge in [-0.2, -0.15) is 0 Å².